The second kappa shape index (κ2) is 4.55. The van der Waals surface area contributed by atoms with Crippen molar-refractivity contribution in [2.75, 3.05) is 6.54 Å². The molecule has 0 amide bonds. The Labute approximate surface area is 92.4 Å². The second-order valence-electron chi connectivity index (χ2n) is 3.27. The van der Waals surface area contributed by atoms with Crippen LogP contribution in [0.25, 0.3) is 10.4 Å². The van der Waals surface area contributed by atoms with E-state index in [0.29, 0.717) is 4.88 Å². The average Bonchev–Trinajstić information content (AvgIpc) is 2.78. The van der Waals surface area contributed by atoms with Crippen molar-refractivity contribution in [3.8, 4) is 10.4 Å². The summed E-state index contributed by atoms with van der Waals surface area (Å²) in [5.74, 6) is 0. The normalized spacial score (nSPS) is 12.7. The minimum absolute atomic E-state index is 0.0503. The topological polar surface area (TPSA) is 26.0 Å². The van der Waals surface area contributed by atoms with Crippen molar-refractivity contribution in [3.05, 3.63) is 47.3 Å². The van der Waals surface area contributed by atoms with Gasteiger partial charge in [-0.1, -0.05) is 30.3 Å². The molecule has 0 aliphatic carbocycles. The molecule has 1 nitrogen and oxygen atoms in total. The van der Waals surface area contributed by atoms with Gasteiger partial charge >= 0.3 is 0 Å². The molecule has 0 bridgehead atoms. The van der Waals surface area contributed by atoms with Crippen LogP contribution < -0.4 is 5.73 Å². The first kappa shape index (κ1) is 10.3. The summed E-state index contributed by atoms with van der Waals surface area (Å²) in [6.45, 7) is 0.0503. The van der Waals surface area contributed by atoms with Gasteiger partial charge < -0.3 is 5.73 Å². The number of nitrogens with two attached hydrogens (primary N) is 1. The quantitative estimate of drug-likeness (QED) is 0.844. The number of thiophene rings is 1. The first-order valence-electron chi connectivity index (χ1n) is 4.80. The second-order valence-corrected chi connectivity index (χ2v) is 4.39. The van der Waals surface area contributed by atoms with Crippen LogP contribution in [0.3, 0.4) is 0 Å². The molecule has 0 aliphatic heterocycles. The molecule has 0 radical (unpaired) electrons. The highest BCUT2D eigenvalue weighted by Crippen LogP contribution is 2.32. The monoisotopic (exact) mass is 221 g/mol. The summed E-state index contributed by atoms with van der Waals surface area (Å²) < 4.78 is 13.3. The van der Waals surface area contributed by atoms with E-state index in [0.717, 1.165) is 10.4 Å². The van der Waals surface area contributed by atoms with Crippen molar-refractivity contribution >= 4 is 11.3 Å². The lowest BCUT2D eigenvalue weighted by molar-refractivity contribution is 0.358. The van der Waals surface area contributed by atoms with E-state index in [1.54, 1.807) is 0 Å². The van der Waals surface area contributed by atoms with Crippen molar-refractivity contribution in [3.63, 3.8) is 0 Å². The summed E-state index contributed by atoms with van der Waals surface area (Å²) in [5, 5.41) is 0. The lowest BCUT2D eigenvalue weighted by Crippen LogP contribution is -2.05. The molecule has 2 aromatic rings. The molecule has 1 aromatic carbocycles. The minimum Gasteiger partial charge on any atom is -0.327 e. The zero-order chi connectivity index (χ0) is 10.7. The fraction of sp³-hybridized carbons (Fsp3) is 0.167. The van der Waals surface area contributed by atoms with E-state index < -0.39 is 6.17 Å². The zero-order valence-electron chi connectivity index (χ0n) is 8.19. The smallest absolute Gasteiger partial charge is 0.146 e. The van der Waals surface area contributed by atoms with Gasteiger partial charge in [-0.25, -0.2) is 4.39 Å². The van der Waals surface area contributed by atoms with E-state index >= 15 is 0 Å². The fourth-order valence-corrected chi connectivity index (χ4v) is 2.40. The first-order valence-corrected chi connectivity index (χ1v) is 5.62. The van der Waals surface area contributed by atoms with Gasteiger partial charge in [0.1, 0.15) is 6.17 Å². The Morgan fingerprint density at radius 3 is 2.53 bits per heavy atom. The molecule has 0 saturated carbocycles. The maximum absolute atomic E-state index is 13.3. The van der Waals surface area contributed by atoms with Crippen LogP contribution >= 0.6 is 11.3 Å². The van der Waals surface area contributed by atoms with Crippen molar-refractivity contribution < 1.29 is 4.39 Å². The predicted molar refractivity (Wildman–Crippen MR) is 62.7 cm³/mol. The van der Waals surface area contributed by atoms with Gasteiger partial charge in [-0.15, -0.1) is 11.3 Å². The van der Waals surface area contributed by atoms with Gasteiger partial charge in [0.2, 0.25) is 0 Å². The van der Waals surface area contributed by atoms with Gasteiger partial charge in [-0.3, -0.25) is 0 Å². The summed E-state index contributed by atoms with van der Waals surface area (Å²) in [4.78, 5) is 1.79. The van der Waals surface area contributed by atoms with E-state index in [1.165, 1.54) is 11.3 Å². The van der Waals surface area contributed by atoms with Gasteiger partial charge in [0.25, 0.3) is 0 Å². The molecule has 1 aromatic heterocycles. The van der Waals surface area contributed by atoms with Crippen LogP contribution in [0.15, 0.2) is 42.5 Å². The molecule has 2 rings (SSSR count). The number of hydrogen-bond acceptors (Lipinski definition) is 2. The zero-order valence-corrected chi connectivity index (χ0v) is 9.01. The Morgan fingerprint density at radius 1 is 1.13 bits per heavy atom. The molecule has 0 saturated heterocycles. The number of benzene rings is 1. The molecule has 78 valence electrons. The van der Waals surface area contributed by atoms with Crippen LogP contribution in [0.2, 0.25) is 0 Å². The fourth-order valence-electron chi connectivity index (χ4n) is 1.39. The Bertz CT molecular complexity index is 424. The maximum atomic E-state index is 13.3. The van der Waals surface area contributed by atoms with Crippen LogP contribution in [0.5, 0.6) is 0 Å². The van der Waals surface area contributed by atoms with E-state index in [1.807, 2.05) is 42.5 Å². The lowest BCUT2D eigenvalue weighted by Gasteiger charge is -1.99. The Hall–Kier alpha value is -1.19. The van der Waals surface area contributed by atoms with Gasteiger partial charge in [-0.05, 0) is 17.7 Å². The highest BCUT2D eigenvalue weighted by Gasteiger charge is 2.10. The van der Waals surface area contributed by atoms with E-state index in [2.05, 4.69) is 0 Å². The number of hydrogen-bond donors (Lipinski definition) is 1. The Morgan fingerprint density at radius 2 is 1.87 bits per heavy atom. The van der Waals surface area contributed by atoms with Crippen LogP contribution in [0.1, 0.15) is 11.0 Å². The summed E-state index contributed by atoms with van der Waals surface area (Å²) in [6, 6.07) is 13.7. The van der Waals surface area contributed by atoms with Crippen LogP contribution in [-0.2, 0) is 0 Å². The SMILES string of the molecule is NCC(F)c1ccc(-c2ccccc2)s1. The molecule has 0 spiro atoms. The summed E-state index contributed by atoms with van der Waals surface area (Å²) in [7, 11) is 0. The lowest BCUT2D eigenvalue weighted by atomic mass is 10.2. The van der Waals surface area contributed by atoms with Crippen LogP contribution in [0, 0.1) is 0 Å². The molecule has 2 N–H and O–H groups in total. The molecule has 0 fully saturated rings. The number of alkyl halides is 1. The predicted octanol–water partition coefficient (Wildman–Crippen LogP) is 3.38. The minimum atomic E-state index is -1.03. The maximum Gasteiger partial charge on any atom is 0.146 e. The summed E-state index contributed by atoms with van der Waals surface area (Å²) >= 11 is 1.46. The van der Waals surface area contributed by atoms with Crippen LogP contribution in [-0.4, -0.2) is 6.54 Å². The van der Waals surface area contributed by atoms with Crippen molar-refractivity contribution in [2.24, 2.45) is 5.73 Å². The van der Waals surface area contributed by atoms with E-state index in [9.17, 15) is 4.39 Å². The third-order valence-electron chi connectivity index (χ3n) is 2.20. The van der Waals surface area contributed by atoms with Crippen molar-refractivity contribution in [2.45, 2.75) is 6.17 Å². The first-order chi connectivity index (χ1) is 7.31. The van der Waals surface area contributed by atoms with Gasteiger partial charge in [0.05, 0.1) is 0 Å². The van der Waals surface area contributed by atoms with Gasteiger partial charge in [0.15, 0.2) is 0 Å². The van der Waals surface area contributed by atoms with Crippen molar-refractivity contribution in [1.82, 2.24) is 0 Å². The molecular weight excluding hydrogens is 209 g/mol. The Balaban J connectivity index is 2.28. The highest BCUT2D eigenvalue weighted by atomic mass is 32.1. The molecule has 1 heterocycles. The van der Waals surface area contributed by atoms with E-state index in [-0.39, 0.29) is 6.54 Å². The average molecular weight is 221 g/mol. The number of rotatable bonds is 3. The third kappa shape index (κ3) is 2.25. The van der Waals surface area contributed by atoms with Crippen molar-refractivity contribution in [1.29, 1.82) is 0 Å². The Kier molecular flexibility index (Phi) is 3.14. The third-order valence-corrected chi connectivity index (χ3v) is 3.42. The molecule has 1 unspecified atom stereocenters. The van der Waals surface area contributed by atoms with Gasteiger partial charge in [-0.2, -0.15) is 0 Å². The molecular formula is C12H12FNS. The largest absolute Gasteiger partial charge is 0.327 e. The summed E-state index contributed by atoms with van der Waals surface area (Å²) in [5.41, 5.74) is 6.41. The molecule has 1 atom stereocenters. The number of halogens is 1. The standard InChI is InChI=1S/C12H12FNS/c13-10(8-14)12-7-6-11(15-12)9-4-2-1-3-5-9/h1-7,10H,8,14H2. The molecule has 15 heavy (non-hydrogen) atoms. The summed E-state index contributed by atoms with van der Waals surface area (Å²) in [6.07, 6.45) is -1.03. The highest BCUT2D eigenvalue weighted by molar-refractivity contribution is 7.15. The van der Waals surface area contributed by atoms with Gasteiger partial charge in [0, 0.05) is 16.3 Å². The molecule has 3 heteroatoms. The molecule has 0 aliphatic rings. The van der Waals surface area contributed by atoms with Crippen LogP contribution in [0.4, 0.5) is 4.39 Å². The van der Waals surface area contributed by atoms with E-state index in [4.69, 9.17) is 5.73 Å².